The highest BCUT2D eigenvalue weighted by molar-refractivity contribution is 7.26. The summed E-state index contributed by atoms with van der Waals surface area (Å²) in [5.41, 5.74) is 11.2. The topological polar surface area (TPSA) is 0 Å². The molecule has 6 rings (SSSR count). The zero-order chi connectivity index (χ0) is 20.6. The summed E-state index contributed by atoms with van der Waals surface area (Å²) in [4.78, 5) is 0. The van der Waals surface area contributed by atoms with Crippen molar-refractivity contribution in [3.63, 3.8) is 0 Å². The van der Waals surface area contributed by atoms with Gasteiger partial charge in [-0.25, -0.2) is 0 Å². The first-order valence-corrected chi connectivity index (χ1v) is 11.5. The lowest BCUT2D eigenvalue weighted by Crippen LogP contribution is -2.14. The van der Waals surface area contributed by atoms with Crippen molar-refractivity contribution in [2.24, 2.45) is 0 Å². The number of fused-ring (bicyclic) bond motifs is 7. The fraction of sp³-hybridized carbons (Fsp3) is 0.172. The van der Waals surface area contributed by atoms with Gasteiger partial charge in [-0.2, -0.15) is 0 Å². The zero-order valence-electron chi connectivity index (χ0n) is 17.8. The van der Waals surface area contributed by atoms with Crippen LogP contribution in [-0.2, 0) is 5.41 Å². The maximum atomic E-state index is 2.38. The zero-order valence-corrected chi connectivity index (χ0v) is 18.7. The van der Waals surface area contributed by atoms with Gasteiger partial charge in [0.1, 0.15) is 0 Å². The van der Waals surface area contributed by atoms with Crippen LogP contribution < -0.4 is 0 Å². The molecule has 0 aliphatic heterocycles. The van der Waals surface area contributed by atoms with Gasteiger partial charge in [0.15, 0.2) is 0 Å². The van der Waals surface area contributed by atoms with Crippen LogP contribution in [-0.4, -0.2) is 0 Å². The molecule has 1 aliphatic carbocycles. The molecule has 5 aromatic rings. The van der Waals surface area contributed by atoms with Gasteiger partial charge < -0.3 is 0 Å². The Labute approximate surface area is 181 Å². The normalized spacial score (nSPS) is 14.3. The van der Waals surface area contributed by atoms with Crippen molar-refractivity contribution in [1.29, 1.82) is 0 Å². The van der Waals surface area contributed by atoms with E-state index in [1.165, 1.54) is 64.7 Å². The summed E-state index contributed by atoms with van der Waals surface area (Å²) in [6, 6.07) is 27.0. The summed E-state index contributed by atoms with van der Waals surface area (Å²) < 4.78 is 2.87. The van der Waals surface area contributed by atoms with Crippen molar-refractivity contribution < 1.29 is 0 Å². The molecule has 1 heterocycles. The minimum absolute atomic E-state index is 0.0269. The van der Waals surface area contributed by atoms with Crippen LogP contribution in [0.15, 0.2) is 72.8 Å². The third-order valence-corrected chi connectivity index (χ3v) is 8.37. The Morgan fingerprint density at radius 2 is 1.23 bits per heavy atom. The first-order valence-electron chi connectivity index (χ1n) is 10.6. The summed E-state index contributed by atoms with van der Waals surface area (Å²) in [7, 11) is 0. The van der Waals surface area contributed by atoms with E-state index in [1.54, 1.807) is 0 Å². The highest BCUT2D eigenvalue weighted by Gasteiger charge is 2.37. The van der Waals surface area contributed by atoms with E-state index in [4.69, 9.17) is 0 Å². The second-order valence-electron chi connectivity index (χ2n) is 9.07. The molecule has 146 valence electrons. The fourth-order valence-electron chi connectivity index (χ4n) is 5.45. The van der Waals surface area contributed by atoms with E-state index in [0.29, 0.717) is 0 Å². The minimum atomic E-state index is 0.0269. The molecular formula is C29H24S. The quantitative estimate of drug-likeness (QED) is 0.262. The van der Waals surface area contributed by atoms with Crippen LogP contribution in [0.3, 0.4) is 0 Å². The molecule has 0 atom stereocenters. The summed E-state index contributed by atoms with van der Waals surface area (Å²) >= 11 is 1.98. The third kappa shape index (κ3) is 2.22. The Morgan fingerprint density at radius 3 is 2.00 bits per heavy atom. The number of thiophene rings is 1. The second kappa shape index (κ2) is 6.06. The first-order chi connectivity index (χ1) is 14.5. The molecule has 0 saturated heterocycles. The van der Waals surface area contributed by atoms with Gasteiger partial charge in [0, 0.05) is 25.6 Å². The summed E-state index contributed by atoms with van der Waals surface area (Å²) in [5.74, 6) is 0. The Balaban J connectivity index is 1.69. The molecule has 1 aromatic heterocycles. The number of hydrogen-bond acceptors (Lipinski definition) is 1. The van der Waals surface area contributed by atoms with Crippen molar-refractivity contribution >= 4 is 31.5 Å². The molecule has 4 aromatic carbocycles. The average Bonchev–Trinajstić information content (AvgIpc) is 3.23. The van der Waals surface area contributed by atoms with Crippen molar-refractivity contribution in [3.05, 3.63) is 95.1 Å². The van der Waals surface area contributed by atoms with Crippen LogP contribution in [0, 0.1) is 13.8 Å². The van der Waals surface area contributed by atoms with Crippen molar-refractivity contribution in [3.8, 4) is 22.3 Å². The lowest BCUT2D eigenvalue weighted by molar-refractivity contribution is 0.667. The molecule has 0 radical (unpaired) electrons. The minimum Gasteiger partial charge on any atom is -0.135 e. The average molecular weight is 405 g/mol. The fourth-order valence-corrected chi connectivity index (χ4v) is 6.96. The van der Waals surface area contributed by atoms with Gasteiger partial charge in [-0.15, -0.1) is 11.3 Å². The van der Waals surface area contributed by atoms with Gasteiger partial charge in [-0.1, -0.05) is 86.6 Å². The molecular weight excluding hydrogens is 380 g/mol. The summed E-state index contributed by atoms with van der Waals surface area (Å²) in [5, 5.41) is 2.79. The number of hydrogen-bond donors (Lipinski definition) is 0. The Morgan fingerprint density at radius 1 is 0.600 bits per heavy atom. The molecule has 30 heavy (non-hydrogen) atoms. The lowest BCUT2D eigenvalue weighted by Gasteiger charge is -2.22. The standard InChI is InChI=1S/C29H24S/c1-17-9-5-6-10-19(17)20-13-15-23-24-16-14-22-21-11-7-8-12-25(21)29(3,4)26(22)28(24)30-27(23)18(20)2/h5-16H,1-4H3. The van der Waals surface area contributed by atoms with Crippen LogP contribution >= 0.6 is 11.3 Å². The monoisotopic (exact) mass is 404 g/mol. The van der Waals surface area contributed by atoms with Gasteiger partial charge in [-0.3, -0.25) is 0 Å². The Hall–Kier alpha value is -2.90. The van der Waals surface area contributed by atoms with Crippen LogP contribution in [0.5, 0.6) is 0 Å². The maximum absolute atomic E-state index is 2.38. The van der Waals surface area contributed by atoms with Crippen LogP contribution in [0.2, 0.25) is 0 Å². The highest BCUT2D eigenvalue weighted by Crippen LogP contribution is 2.54. The van der Waals surface area contributed by atoms with E-state index in [9.17, 15) is 0 Å². The second-order valence-corrected chi connectivity index (χ2v) is 10.1. The third-order valence-electron chi connectivity index (χ3n) is 7.01. The molecule has 0 N–H and O–H groups in total. The van der Waals surface area contributed by atoms with E-state index in [0.717, 1.165) is 0 Å². The number of benzene rings is 4. The van der Waals surface area contributed by atoms with Gasteiger partial charge in [-0.05, 0) is 58.4 Å². The van der Waals surface area contributed by atoms with Crippen molar-refractivity contribution in [1.82, 2.24) is 0 Å². The van der Waals surface area contributed by atoms with Gasteiger partial charge in [0.25, 0.3) is 0 Å². The summed E-state index contributed by atoms with van der Waals surface area (Å²) in [6.07, 6.45) is 0. The Bertz CT molecular complexity index is 1480. The molecule has 0 bridgehead atoms. The maximum Gasteiger partial charge on any atom is 0.0402 e. The first kappa shape index (κ1) is 17.9. The van der Waals surface area contributed by atoms with E-state index in [1.807, 2.05) is 11.3 Å². The molecule has 0 fully saturated rings. The van der Waals surface area contributed by atoms with Crippen LogP contribution in [0.4, 0.5) is 0 Å². The van der Waals surface area contributed by atoms with E-state index in [2.05, 4.69) is 100 Å². The van der Waals surface area contributed by atoms with E-state index >= 15 is 0 Å². The van der Waals surface area contributed by atoms with Gasteiger partial charge >= 0.3 is 0 Å². The molecule has 0 spiro atoms. The predicted octanol–water partition coefficient (Wildman–Crippen LogP) is 8.64. The van der Waals surface area contributed by atoms with Crippen LogP contribution in [0.1, 0.15) is 36.1 Å². The number of rotatable bonds is 1. The molecule has 0 amide bonds. The van der Waals surface area contributed by atoms with Gasteiger partial charge in [0.05, 0.1) is 0 Å². The molecule has 0 unspecified atom stereocenters. The Kier molecular flexibility index (Phi) is 3.62. The lowest BCUT2D eigenvalue weighted by atomic mass is 9.82. The summed E-state index contributed by atoms with van der Waals surface area (Å²) in [6.45, 7) is 9.26. The predicted molar refractivity (Wildman–Crippen MR) is 132 cm³/mol. The van der Waals surface area contributed by atoms with Crippen molar-refractivity contribution in [2.45, 2.75) is 33.1 Å². The number of aryl methyl sites for hydroxylation is 2. The molecule has 1 aliphatic rings. The smallest absolute Gasteiger partial charge is 0.0402 e. The van der Waals surface area contributed by atoms with Gasteiger partial charge in [0.2, 0.25) is 0 Å². The largest absolute Gasteiger partial charge is 0.135 e. The van der Waals surface area contributed by atoms with E-state index in [-0.39, 0.29) is 5.41 Å². The highest BCUT2D eigenvalue weighted by atomic mass is 32.1. The van der Waals surface area contributed by atoms with Crippen LogP contribution in [0.25, 0.3) is 42.4 Å². The molecule has 0 nitrogen and oxygen atoms in total. The SMILES string of the molecule is Cc1ccccc1-c1ccc2c(sc3c4c(ccc32)-c2ccccc2C4(C)C)c1C. The van der Waals surface area contributed by atoms with E-state index < -0.39 is 0 Å². The molecule has 0 saturated carbocycles. The molecule has 1 heteroatoms. The van der Waals surface area contributed by atoms with Crippen molar-refractivity contribution in [2.75, 3.05) is 0 Å².